The molecule has 7 aromatic rings. The first-order valence-corrected chi connectivity index (χ1v) is 18.0. The van der Waals surface area contributed by atoms with E-state index in [4.69, 9.17) is 0 Å². The maximum atomic E-state index is 13.9. The summed E-state index contributed by atoms with van der Waals surface area (Å²) in [5.74, 6) is -1.20. The Hall–Kier alpha value is -4.88. The first kappa shape index (κ1) is 31.7. The Morgan fingerprint density at radius 3 is 0.792 bits per heavy atom. The van der Waals surface area contributed by atoms with E-state index in [9.17, 15) is 17.6 Å². The van der Waals surface area contributed by atoms with Gasteiger partial charge in [-0.1, -0.05) is 103 Å². The van der Waals surface area contributed by atoms with E-state index in [1.165, 1.54) is 48.5 Å². The molecule has 0 bridgehead atoms. The van der Waals surface area contributed by atoms with Gasteiger partial charge < -0.3 is 0 Å². The second-order valence-electron chi connectivity index (χ2n) is 11.3. The molecule has 0 aliphatic rings. The highest BCUT2D eigenvalue weighted by molar-refractivity contribution is 7.80. The summed E-state index contributed by atoms with van der Waals surface area (Å²) in [4.78, 5) is 0. The fourth-order valence-electron chi connectivity index (χ4n) is 5.78. The topological polar surface area (TPSA) is 0 Å². The molecule has 7 aromatic carbocycles. The standard InChI is InChI=1S/C42H28F4P2/c43-33-10-18-37(19-11-33)47(38-20-12-34(44)13-21-38)41-8-2-6-31(27-41)29-4-1-5-30(26-29)32-7-3-9-42(28-32)48(39-22-14-35(45)15-23-39)40-24-16-36(46)17-25-40/h1-28H. The molecule has 0 saturated heterocycles. The van der Waals surface area contributed by atoms with Crippen molar-refractivity contribution in [3.05, 3.63) is 193 Å². The fraction of sp³-hybridized carbons (Fsp3) is 0. The summed E-state index contributed by atoms with van der Waals surface area (Å²) in [6.07, 6.45) is 0. The minimum atomic E-state index is -1.07. The van der Waals surface area contributed by atoms with Gasteiger partial charge in [0.25, 0.3) is 0 Å². The van der Waals surface area contributed by atoms with Crippen LogP contribution in [0.5, 0.6) is 0 Å². The zero-order chi connectivity index (χ0) is 33.0. The van der Waals surface area contributed by atoms with Crippen molar-refractivity contribution in [3.8, 4) is 22.3 Å². The van der Waals surface area contributed by atoms with E-state index in [0.717, 1.165) is 54.1 Å². The minimum absolute atomic E-state index is 0.301. The van der Waals surface area contributed by atoms with Gasteiger partial charge in [-0.05, 0) is 137 Å². The first-order valence-electron chi connectivity index (χ1n) is 15.3. The van der Waals surface area contributed by atoms with Gasteiger partial charge in [0.15, 0.2) is 0 Å². The Morgan fingerprint density at radius 1 is 0.250 bits per heavy atom. The van der Waals surface area contributed by atoms with Crippen molar-refractivity contribution >= 4 is 47.7 Å². The van der Waals surface area contributed by atoms with Gasteiger partial charge in [0.2, 0.25) is 0 Å². The molecule has 0 radical (unpaired) electrons. The Kier molecular flexibility index (Phi) is 9.30. The van der Waals surface area contributed by atoms with Crippen LogP contribution in [0.4, 0.5) is 17.6 Å². The highest BCUT2D eigenvalue weighted by Crippen LogP contribution is 2.37. The highest BCUT2D eigenvalue weighted by Gasteiger charge is 2.19. The van der Waals surface area contributed by atoms with Crippen LogP contribution in [-0.4, -0.2) is 0 Å². The Morgan fingerprint density at radius 2 is 0.500 bits per heavy atom. The van der Waals surface area contributed by atoms with Crippen LogP contribution in [0, 0.1) is 23.3 Å². The van der Waals surface area contributed by atoms with Gasteiger partial charge in [0, 0.05) is 0 Å². The third-order valence-electron chi connectivity index (χ3n) is 8.08. The summed E-state index contributed by atoms with van der Waals surface area (Å²) in [5, 5.41) is 6.02. The number of benzene rings is 7. The molecule has 0 N–H and O–H groups in total. The Labute approximate surface area is 279 Å². The van der Waals surface area contributed by atoms with Crippen LogP contribution in [-0.2, 0) is 0 Å². The number of hydrogen-bond donors (Lipinski definition) is 0. The summed E-state index contributed by atoms with van der Waals surface area (Å²) in [6, 6.07) is 51.2. The lowest BCUT2D eigenvalue weighted by atomic mass is 9.99. The van der Waals surface area contributed by atoms with E-state index in [1.54, 1.807) is 48.5 Å². The van der Waals surface area contributed by atoms with Gasteiger partial charge in [-0.2, -0.15) is 0 Å². The molecule has 0 saturated carbocycles. The smallest absolute Gasteiger partial charge is 0.123 e. The van der Waals surface area contributed by atoms with Crippen LogP contribution < -0.4 is 31.8 Å². The molecule has 0 atom stereocenters. The van der Waals surface area contributed by atoms with Crippen LogP contribution >= 0.6 is 15.8 Å². The fourth-order valence-corrected chi connectivity index (χ4v) is 10.4. The van der Waals surface area contributed by atoms with Crippen molar-refractivity contribution < 1.29 is 17.6 Å². The van der Waals surface area contributed by atoms with Crippen molar-refractivity contribution in [1.82, 2.24) is 0 Å². The molecule has 0 heterocycles. The van der Waals surface area contributed by atoms with Crippen LogP contribution in [0.2, 0.25) is 0 Å². The van der Waals surface area contributed by atoms with Gasteiger partial charge in [0.05, 0.1) is 0 Å². The van der Waals surface area contributed by atoms with Gasteiger partial charge in [-0.3, -0.25) is 0 Å². The first-order chi connectivity index (χ1) is 23.4. The van der Waals surface area contributed by atoms with E-state index < -0.39 is 15.8 Å². The van der Waals surface area contributed by atoms with E-state index >= 15 is 0 Å². The van der Waals surface area contributed by atoms with Crippen LogP contribution in [0.15, 0.2) is 170 Å². The monoisotopic (exact) mass is 670 g/mol. The molecule has 0 unspecified atom stereocenters. The second kappa shape index (κ2) is 14.1. The summed E-state index contributed by atoms with van der Waals surface area (Å²) in [5.41, 5.74) is 4.13. The van der Waals surface area contributed by atoms with E-state index in [0.29, 0.717) is 0 Å². The van der Waals surface area contributed by atoms with Gasteiger partial charge in [0.1, 0.15) is 23.3 Å². The third kappa shape index (κ3) is 7.02. The van der Waals surface area contributed by atoms with Crippen LogP contribution in [0.25, 0.3) is 22.3 Å². The molecule has 0 amide bonds. The van der Waals surface area contributed by atoms with E-state index in [-0.39, 0.29) is 23.3 Å². The Balaban J connectivity index is 1.26. The lowest BCUT2D eigenvalue weighted by Crippen LogP contribution is -2.21. The van der Waals surface area contributed by atoms with Crippen LogP contribution in [0.3, 0.4) is 0 Å². The van der Waals surface area contributed by atoms with Crippen molar-refractivity contribution in [2.45, 2.75) is 0 Å². The van der Waals surface area contributed by atoms with E-state index in [2.05, 4.69) is 54.6 Å². The molecule has 0 aliphatic heterocycles. The SMILES string of the molecule is Fc1ccc(P(c2ccc(F)cc2)c2cccc(-c3cccc(-c4cccc(P(c5ccc(F)cc5)c5ccc(F)cc5)c4)c3)c2)cc1. The molecule has 6 heteroatoms. The average Bonchev–Trinajstić information content (AvgIpc) is 3.12. The molecule has 0 fully saturated rings. The lowest BCUT2D eigenvalue weighted by molar-refractivity contribution is 0.628. The van der Waals surface area contributed by atoms with Crippen LogP contribution in [0.1, 0.15) is 0 Å². The van der Waals surface area contributed by atoms with Crippen molar-refractivity contribution in [1.29, 1.82) is 0 Å². The molecular formula is C42H28F4P2. The maximum absolute atomic E-state index is 13.9. The summed E-state index contributed by atoms with van der Waals surface area (Å²) in [6.45, 7) is 0. The molecule has 48 heavy (non-hydrogen) atoms. The van der Waals surface area contributed by atoms with Gasteiger partial charge >= 0.3 is 0 Å². The van der Waals surface area contributed by atoms with E-state index in [1.807, 2.05) is 18.2 Å². The maximum Gasteiger partial charge on any atom is 0.123 e. The quantitative estimate of drug-likeness (QED) is 0.112. The summed E-state index contributed by atoms with van der Waals surface area (Å²) in [7, 11) is -2.13. The highest BCUT2D eigenvalue weighted by atomic mass is 31.1. The normalized spacial score (nSPS) is 11.3. The minimum Gasteiger partial charge on any atom is -0.207 e. The predicted molar refractivity (Wildman–Crippen MR) is 195 cm³/mol. The summed E-state index contributed by atoms with van der Waals surface area (Å²) >= 11 is 0. The zero-order valence-corrected chi connectivity index (χ0v) is 27.4. The van der Waals surface area contributed by atoms with Crippen molar-refractivity contribution in [3.63, 3.8) is 0 Å². The molecular weight excluding hydrogens is 642 g/mol. The number of hydrogen-bond acceptors (Lipinski definition) is 0. The molecule has 0 aromatic heterocycles. The zero-order valence-electron chi connectivity index (χ0n) is 25.6. The Bertz CT molecular complexity index is 1920. The molecule has 7 rings (SSSR count). The van der Waals surface area contributed by atoms with Gasteiger partial charge in [-0.25, -0.2) is 17.6 Å². The molecule has 234 valence electrons. The number of rotatable bonds is 8. The largest absolute Gasteiger partial charge is 0.207 e. The van der Waals surface area contributed by atoms with Crippen molar-refractivity contribution in [2.75, 3.05) is 0 Å². The predicted octanol–water partition coefficient (Wildman–Crippen LogP) is 9.09. The lowest BCUT2D eigenvalue weighted by Gasteiger charge is -2.21. The average molecular weight is 671 g/mol. The third-order valence-corrected chi connectivity index (χ3v) is 12.9. The number of halogens is 4. The molecule has 0 aliphatic carbocycles. The summed E-state index contributed by atoms with van der Waals surface area (Å²) < 4.78 is 55.5. The van der Waals surface area contributed by atoms with Crippen molar-refractivity contribution in [2.24, 2.45) is 0 Å². The molecule has 0 spiro atoms. The second-order valence-corrected chi connectivity index (χ2v) is 15.7. The molecule has 0 nitrogen and oxygen atoms in total. The van der Waals surface area contributed by atoms with Gasteiger partial charge in [-0.15, -0.1) is 0 Å².